The Morgan fingerprint density at radius 3 is 1.12 bits per heavy atom. The summed E-state index contributed by atoms with van der Waals surface area (Å²) in [6.07, 6.45) is 12.5. The Balaban J connectivity index is 1.64. The summed E-state index contributed by atoms with van der Waals surface area (Å²) in [5.74, 6) is 6.75. The van der Waals surface area contributed by atoms with Crippen molar-refractivity contribution in [1.29, 1.82) is 0 Å². The molecule has 0 nitrogen and oxygen atoms in total. The van der Waals surface area contributed by atoms with E-state index in [9.17, 15) is 0 Å². The Bertz CT molecular complexity index is 198. The molecule has 0 bridgehead atoms. The van der Waals surface area contributed by atoms with E-state index >= 15 is 0 Å². The van der Waals surface area contributed by atoms with E-state index in [1.54, 1.807) is 38.5 Å². The molecule has 0 aromatic heterocycles. The quantitative estimate of drug-likeness (QED) is 0.622. The van der Waals surface area contributed by atoms with Crippen LogP contribution in [0.4, 0.5) is 0 Å². The SMILES string of the molecule is CCC1CC2CC3CC(CC)CC3CC2C1. The van der Waals surface area contributed by atoms with Crippen molar-refractivity contribution in [3.63, 3.8) is 0 Å². The zero-order valence-electron chi connectivity index (χ0n) is 11.1. The minimum absolute atomic E-state index is 1.09. The second kappa shape index (κ2) is 4.35. The summed E-state index contributed by atoms with van der Waals surface area (Å²) in [4.78, 5) is 0. The van der Waals surface area contributed by atoms with Crippen LogP contribution in [0.2, 0.25) is 0 Å². The van der Waals surface area contributed by atoms with Gasteiger partial charge in [-0.2, -0.15) is 0 Å². The lowest BCUT2D eigenvalue weighted by molar-refractivity contribution is 0.157. The lowest BCUT2D eigenvalue weighted by Crippen LogP contribution is -2.25. The highest BCUT2D eigenvalue weighted by Crippen LogP contribution is 2.55. The summed E-state index contributed by atoms with van der Waals surface area (Å²) in [5.41, 5.74) is 0. The smallest absolute Gasteiger partial charge is 0.0380 e. The molecule has 0 amide bonds. The summed E-state index contributed by atoms with van der Waals surface area (Å²) in [7, 11) is 0. The fraction of sp³-hybridized carbons (Fsp3) is 1.00. The van der Waals surface area contributed by atoms with E-state index in [1.807, 2.05) is 0 Å². The van der Waals surface area contributed by atoms with Gasteiger partial charge in [0.05, 0.1) is 0 Å². The molecule has 0 N–H and O–H groups in total. The monoisotopic (exact) mass is 220 g/mol. The molecule has 0 heteroatoms. The molecule has 3 rings (SSSR count). The van der Waals surface area contributed by atoms with Gasteiger partial charge < -0.3 is 0 Å². The highest BCUT2D eigenvalue weighted by molar-refractivity contribution is 4.95. The van der Waals surface area contributed by atoms with Gasteiger partial charge in [-0.25, -0.2) is 0 Å². The highest BCUT2D eigenvalue weighted by atomic mass is 14.5. The molecule has 3 aliphatic rings. The Morgan fingerprint density at radius 1 is 0.562 bits per heavy atom. The molecule has 16 heavy (non-hydrogen) atoms. The number of hydrogen-bond acceptors (Lipinski definition) is 0. The van der Waals surface area contributed by atoms with Crippen molar-refractivity contribution in [1.82, 2.24) is 0 Å². The predicted molar refractivity (Wildman–Crippen MR) is 69.2 cm³/mol. The summed E-state index contributed by atoms with van der Waals surface area (Å²) in [6, 6.07) is 0. The van der Waals surface area contributed by atoms with Gasteiger partial charge in [0.2, 0.25) is 0 Å². The van der Waals surface area contributed by atoms with Crippen LogP contribution in [-0.2, 0) is 0 Å². The van der Waals surface area contributed by atoms with E-state index in [0.717, 1.165) is 35.5 Å². The normalized spacial score (nSPS) is 51.4. The maximum Gasteiger partial charge on any atom is -0.0380 e. The predicted octanol–water partition coefficient (Wildman–Crippen LogP) is 4.89. The molecule has 0 saturated heterocycles. The Labute approximate surface area is 101 Å². The summed E-state index contributed by atoms with van der Waals surface area (Å²) < 4.78 is 0. The molecule has 3 aliphatic carbocycles. The minimum Gasteiger partial charge on any atom is -0.0651 e. The summed E-state index contributed by atoms with van der Waals surface area (Å²) in [5, 5.41) is 0. The molecular weight excluding hydrogens is 192 g/mol. The zero-order valence-corrected chi connectivity index (χ0v) is 11.1. The first-order valence-corrected chi connectivity index (χ1v) is 7.80. The lowest BCUT2D eigenvalue weighted by Gasteiger charge is -2.34. The largest absolute Gasteiger partial charge is 0.0651 e. The maximum absolute atomic E-state index is 2.40. The maximum atomic E-state index is 2.40. The van der Waals surface area contributed by atoms with Crippen molar-refractivity contribution in [2.75, 3.05) is 0 Å². The molecule has 0 aliphatic heterocycles. The van der Waals surface area contributed by atoms with E-state index in [0.29, 0.717) is 0 Å². The van der Waals surface area contributed by atoms with Gasteiger partial charge in [-0.1, -0.05) is 26.7 Å². The van der Waals surface area contributed by atoms with Crippen LogP contribution in [0.3, 0.4) is 0 Å². The van der Waals surface area contributed by atoms with E-state index in [-0.39, 0.29) is 0 Å². The van der Waals surface area contributed by atoms with Crippen LogP contribution in [0.15, 0.2) is 0 Å². The first-order chi connectivity index (χ1) is 7.80. The van der Waals surface area contributed by atoms with Gasteiger partial charge >= 0.3 is 0 Å². The van der Waals surface area contributed by atoms with Crippen LogP contribution in [0.1, 0.15) is 65.2 Å². The van der Waals surface area contributed by atoms with Crippen LogP contribution in [-0.4, -0.2) is 0 Å². The third kappa shape index (κ3) is 1.83. The first-order valence-electron chi connectivity index (χ1n) is 7.80. The van der Waals surface area contributed by atoms with Crippen LogP contribution in [0, 0.1) is 35.5 Å². The van der Waals surface area contributed by atoms with Crippen LogP contribution >= 0.6 is 0 Å². The average molecular weight is 220 g/mol. The molecule has 0 heterocycles. The first kappa shape index (κ1) is 11.1. The van der Waals surface area contributed by atoms with Gasteiger partial charge in [0, 0.05) is 0 Å². The van der Waals surface area contributed by atoms with E-state index in [1.165, 1.54) is 12.8 Å². The van der Waals surface area contributed by atoms with Gasteiger partial charge in [0.1, 0.15) is 0 Å². The van der Waals surface area contributed by atoms with Crippen molar-refractivity contribution in [3.8, 4) is 0 Å². The van der Waals surface area contributed by atoms with Crippen molar-refractivity contribution < 1.29 is 0 Å². The molecule has 0 aromatic rings. The van der Waals surface area contributed by atoms with E-state index in [2.05, 4.69) is 13.8 Å². The van der Waals surface area contributed by atoms with Crippen LogP contribution in [0.25, 0.3) is 0 Å². The Hall–Kier alpha value is 0. The zero-order chi connectivity index (χ0) is 11.1. The van der Waals surface area contributed by atoms with E-state index in [4.69, 9.17) is 0 Å². The van der Waals surface area contributed by atoms with Gasteiger partial charge in [0.25, 0.3) is 0 Å². The Kier molecular flexibility index (Phi) is 3.02. The van der Waals surface area contributed by atoms with Crippen molar-refractivity contribution in [2.24, 2.45) is 35.5 Å². The third-order valence-corrected chi connectivity index (χ3v) is 6.24. The molecule has 92 valence electrons. The van der Waals surface area contributed by atoms with Gasteiger partial charge in [-0.3, -0.25) is 0 Å². The van der Waals surface area contributed by atoms with Gasteiger partial charge in [-0.05, 0) is 74.0 Å². The molecule has 0 spiro atoms. The third-order valence-electron chi connectivity index (χ3n) is 6.24. The van der Waals surface area contributed by atoms with Crippen molar-refractivity contribution >= 4 is 0 Å². The van der Waals surface area contributed by atoms with Crippen molar-refractivity contribution in [2.45, 2.75) is 65.2 Å². The molecular formula is C16H28. The van der Waals surface area contributed by atoms with Gasteiger partial charge in [0.15, 0.2) is 0 Å². The van der Waals surface area contributed by atoms with Crippen LogP contribution in [0.5, 0.6) is 0 Å². The lowest BCUT2D eigenvalue weighted by atomic mass is 9.71. The summed E-state index contributed by atoms with van der Waals surface area (Å²) in [6.45, 7) is 4.80. The molecule has 0 radical (unpaired) electrons. The number of rotatable bonds is 2. The molecule has 3 fully saturated rings. The number of hydrogen-bond donors (Lipinski definition) is 0. The molecule has 4 atom stereocenters. The highest BCUT2D eigenvalue weighted by Gasteiger charge is 2.45. The molecule has 4 unspecified atom stereocenters. The topological polar surface area (TPSA) is 0 Å². The van der Waals surface area contributed by atoms with E-state index < -0.39 is 0 Å². The second-order valence-corrected chi connectivity index (χ2v) is 7.00. The number of fused-ring (bicyclic) bond motifs is 2. The second-order valence-electron chi connectivity index (χ2n) is 7.00. The fourth-order valence-electron chi connectivity index (χ4n) is 5.27. The fourth-order valence-corrected chi connectivity index (χ4v) is 5.27. The van der Waals surface area contributed by atoms with Gasteiger partial charge in [-0.15, -0.1) is 0 Å². The standard InChI is InChI=1S/C16H28/c1-3-11-5-13-9-15-7-12(4-2)8-16(15)10-14(13)6-11/h11-16H,3-10H2,1-2H3. The minimum atomic E-state index is 1.09. The Morgan fingerprint density at radius 2 is 0.875 bits per heavy atom. The molecule has 0 aromatic carbocycles. The molecule has 3 saturated carbocycles. The van der Waals surface area contributed by atoms with Crippen LogP contribution < -0.4 is 0 Å². The van der Waals surface area contributed by atoms with Crippen molar-refractivity contribution in [3.05, 3.63) is 0 Å². The summed E-state index contributed by atoms with van der Waals surface area (Å²) >= 11 is 0. The average Bonchev–Trinajstić information content (AvgIpc) is 2.86.